The fourth-order valence-corrected chi connectivity index (χ4v) is 2.65. The molecule has 25 heavy (non-hydrogen) atoms. The van der Waals surface area contributed by atoms with E-state index in [0.29, 0.717) is 30.5 Å². The van der Waals surface area contributed by atoms with E-state index in [0.717, 1.165) is 0 Å². The summed E-state index contributed by atoms with van der Waals surface area (Å²) in [6.45, 7) is 3.22. The van der Waals surface area contributed by atoms with Crippen LogP contribution in [0.1, 0.15) is 6.92 Å². The molecule has 0 saturated carbocycles. The van der Waals surface area contributed by atoms with Crippen molar-refractivity contribution in [2.45, 2.75) is 26.1 Å². The first-order chi connectivity index (χ1) is 12.0. The Hall–Kier alpha value is -3.00. The number of aromatic amines is 1. The first-order valence-corrected chi connectivity index (χ1v) is 8.02. The molecule has 0 aliphatic carbocycles. The van der Waals surface area contributed by atoms with Crippen LogP contribution < -0.4 is 22.0 Å². The van der Waals surface area contributed by atoms with Crippen LogP contribution in [-0.4, -0.2) is 31.9 Å². The number of hydrogen-bond donors (Lipinski definition) is 2. The van der Waals surface area contributed by atoms with Gasteiger partial charge in [0.2, 0.25) is 0 Å². The molecule has 0 saturated heterocycles. The van der Waals surface area contributed by atoms with E-state index in [9.17, 15) is 14.4 Å². The quantitative estimate of drug-likeness (QED) is 0.653. The summed E-state index contributed by atoms with van der Waals surface area (Å²) in [7, 11) is 0. The maximum absolute atomic E-state index is 12.5. The SMILES string of the molecule is C[C@H](Cn1cnc2ccccc2c1=O)NCCn1[nH]c(=O)ccc1=O. The maximum Gasteiger partial charge on any atom is 0.265 e. The van der Waals surface area contributed by atoms with Crippen LogP contribution in [0.5, 0.6) is 0 Å². The lowest BCUT2D eigenvalue weighted by molar-refractivity contribution is 0.438. The van der Waals surface area contributed by atoms with E-state index in [-0.39, 0.29) is 22.7 Å². The number of H-pyrrole nitrogens is 1. The second kappa shape index (κ2) is 7.27. The second-order valence-electron chi connectivity index (χ2n) is 5.87. The zero-order valence-corrected chi connectivity index (χ0v) is 13.8. The van der Waals surface area contributed by atoms with Crippen LogP contribution in [0.4, 0.5) is 0 Å². The van der Waals surface area contributed by atoms with Crippen molar-refractivity contribution in [1.82, 2.24) is 24.6 Å². The fourth-order valence-electron chi connectivity index (χ4n) is 2.65. The van der Waals surface area contributed by atoms with Crippen LogP contribution >= 0.6 is 0 Å². The number of para-hydroxylation sites is 1. The molecule has 0 aliphatic rings. The van der Waals surface area contributed by atoms with Gasteiger partial charge in [-0.15, -0.1) is 0 Å². The summed E-state index contributed by atoms with van der Waals surface area (Å²) in [4.78, 5) is 39.6. The summed E-state index contributed by atoms with van der Waals surface area (Å²) in [5.41, 5.74) is 0.0186. The Morgan fingerprint density at radius 1 is 1.16 bits per heavy atom. The molecule has 1 atom stereocenters. The first-order valence-electron chi connectivity index (χ1n) is 8.02. The molecule has 8 heteroatoms. The highest BCUT2D eigenvalue weighted by molar-refractivity contribution is 5.76. The number of hydrogen-bond acceptors (Lipinski definition) is 5. The van der Waals surface area contributed by atoms with Crippen LogP contribution in [0.25, 0.3) is 10.9 Å². The molecular formula is C17H19N5O3. The summed E-state index contributed by atoms with van der Waals surface area (Å²) >= 11 is 0. The highest BCUT2D eigenvalue weighted by atomic mass is 16.2. The van der Waals surface area contributed by atoms with E-state index in [4.69, 9.17) is 0 Å². The number of nitrogens with zero attached hydrogens (tertiary/aromatic N) is 3. The Kier molecular flexibility index (Phi) is 4.90. The van der Waals surface area contributed by atoms with Gasteiger partial charge < -0.3 is 5.32 Å². The van der Waals surface area contributed by atoms with E-state index in [1.165, 1.54) is 16.8 Å². The van der Waals surface area contributed by atoms with Crippen molar-refractivity contribution in [2.24, 2.45) is 0 Å². The average molecular weight is 341 g/mol. The van der Waals surface area contributed by atoms with Crippen LogP contribution in [0.3, 0.4) is 0 Å². The fraction of sp³-hybridized carbons (Fsp3) is 0.294. The third-order valence-corrected chi connectivity index (χ3v) is 3.92. The highest BCUT2D eigenvalue weighted by Crippen LogP contribution is 2.04. The third kappa shape index (κ3) is 3.92. The van der Waals surface area contributed by atoms with E-state index in [2.05, 4.69) is 15.4 Å². The minimum absolute atomic E-state index is 0.00759. The minimum atomic E-state index is -0.318. The highest BCUT2D eigenvalue weighted by Gasteiger charge is 2.07. The molecule has 0 unspecified atom stereocenters. The number of aromatic nitrogens is 4. The van der Waals surface area contributed by atoms with Gasteiger partial charge in [0.1, 0.15) is 0 Å². The number of nitrogens with one attached hydrogen (secondary N) is 2. The smallest absolute Gasteiger partial charge is 0.265 e. The van der Waals surface area contributed by atoms with Crippen molar-refractivity contribution in [1.29, 1.82) is 0 Å². The molecule has 0 spiro atoms. The Morgan fingerprint density at radius 2 is 1.96 bits per heavy atom. The van der Waals surface area contributed by atoms with Crippen LogP contribution in [0.15, 0.2) is 57.1 Å². The van der Waals surface area contributed by atoms with Crippen molar-refractivity contribution in [3.63, 3.8) is 0 Å². The molecule has 8 nitrogen and oxygen atoms in total. The Morgan fingerprint density at radius 3 is 2.80 bits per heavy atom. The van der Waals surface area contributed by atoms with Gasteiger partial charge in [-0.3, -0.25) is 24.0 Å². The largest absolute Gasteiger partial charge is 0.311 e. The van der Waals surface area contributed by atoms with Crippen molar-refractivity contribution in [3.8, 4) is 0 Å². The molecule has 0 aliphatic heterocycles. The Labute approximate surface area is 142 Å². The van der Waals surface area contributed by atoms with Gasteiger partial charge in [-0.2, -0.15) is 0 Å². The van der Waals surface area contributed by atoms with Gasteiger partial charge in [-0.1, -0.05) is 12.1 Å². The van der Waals surface area contributed by atoms with Crippen LogP contribution in [0.2, 0.25) is 0 Å². The molecule has 0 fully saturated rings. The lowest BCUT2D eigenvalue weighted by Crippen LogP contribution is -2.38. The van der Waals surface area contributed by atoms with Crippen LogP contribution in [0, 0.1) is 0 Å². The first kappa shape index (κ1) is 16.8. The second-order valence-corrected chi connectivity index (χ2v) is 5.87. The van der Waals surface area contributed by atoms with Gasteiger partial charge in [0, 0.05) is 31.3 Å². The zero-order valence-electron chi connectivity index (χ0n) is 13.8. The van der Waals surface area contributed by atoms with Gasteiger partial charge in [0.05, 0.1) is 23.8 Å². The lowest BCUT2D eigenvalue weighted by Gasteiger charge is -2.16. The molecule has 0 bridgehead atoms. The summed E-state index contributed by atoms with van der Waals surface area (Å²) in [5, 5.41) is 6.29. The minimum Gasteiger partial charge on any atom is -0.311 e. The van der Waals surface area contributed by atoms with E-state index in [1.807, 2.05) is 19.1 Å². The average Bonchev–Trinajstić information content (AvgIpc) is 2.61. The van der Waals surface area contributed by atoms with Crippen molar-refractivity contribution >= 4 is 10.9 Å². The number of fused-ring (bicyclic) bond motifs is 1. The number of rotatable bonds is 6. The van der Waals surface area contributed by atoms with Gasteiger partial charge in [0.15, 0.2) is 0 Å². The topological polar surface area (TPSA) is 102 Å². The summed E-state index contributed by atoms with van der Waals surface area (Å²) in [6, 6.07) is 9.66. The molecule has 1 aromatic carbocycles. The lowest BCUT2D eigenvalue weighted by atomic mass is 10.2. The monoisotopic (exact) mass is 341 g/mol. The van der Waals surface area contributed by atoms with Crippen LogP contribution in [-0.2, 0) is 13.1 Å². The normalized spacial score (nSPS) is 12.4. The predicted molar refractivity (Wildman–Crippen MR) is 94.8 cm³/mol. The number of benzene rings is 1. The molecule has 2 heterocycles. The summed E-state index contributed by atoms with van der Waals surface area (Å²) in [6.07, 6.45) is 1.54. The third-order valence-electron chi connectivity index (χ3n) is 3.92. The molecule has 3 rings (SSSR count). The van der Waals surface area contributed by atoms with Crippen molar-refractivity contribution in [2.75, 3.05) is 6.54 Å². The predicted octanol–water partition coefficient (Wildman–Crippen LogP) is -0.0752. The Bertz CT molecular complexity index is 1050. The maximum atomic E-state index is 12.5. The Balaban J connectivity index is 1.63. The van der Waals surface area contributed by atoms with Crippen molar-refractivity contribution < 1.29 is 0 Å². The van der Waals surface area contributed by atoms with Gasteiger partial charge in [0.25, 0.3) is 16.7 Å². The summed E-state index contributed by atoms with van der Waals surface area (Å²) in [5.74, 6) is 0. The molecule has 2 aromatic heterocycles. The van der Waals surface area contributed by atoms with E-state index in [1.54, 1.807) is 23.0 Å². The van der Waals surface area contributed by atoms with Gasteiger partial charge >= 0.3 is 0 Å². The van der Waals surface area contributed by atoms with E-state index < -0.39 is 0 Å². The zero-order chi connectivity index (χ0) is 17.8. The van der Waals surface area contributed by atoms with Gasteiger partial charge in [-0.05, 0) is 19.1 Å². The molecule has 2 N–H and O–H groups in total. The molecule has 0 radical (unpaired) electrons. The van der Waals surface area contributed by atoms with Crippen molar-refractivity contribution in [3.05, 3.63) is 73.8 Å². The van der Waals surface area contributed by atoms with E-state index >= 15 is 0 Å². The standard InChI is InChI=1S/C17H19N5O3/c1-12(18-8-9-22-16(24)7-6-15(23)20-22)10-21-11-19-14-5-3-2-4-13(14)17(21)25/h2-7,11-12,18H,8-10H2,1H3,(H,20,23)/t12-/m1/s1. The molecular weight excluding hydrogens is 322 g/mol. The molecule has 0 amide bonds. The molecule has 3 aromatic rings. The van der Waals surface area contributed by atoms with Gasteiger partial charge in [-0.25, -0.2) is 9.67 Å². The summed E-state index contributed by atoms with van der Waals surface area (Å²) < 4.78 is 2.82. The molecule has 130 valence electrons.